The minimum Gasteiger partial charge on any atom is -0.337 e. The Kier molecular flexibility index (Phi) is 4.97. The first-order chi connectivity index (χ1) is 12.0. The van der Waals surface area contributed by atoms with Crippen molar-refractivity contribution in [2.45, 2.75) is 45.2 Å². The van der Waals surface area contributed by atoms with Crippen LogP contribution in [-0.2, 0) is 24.2 Å². The van der Waals surface area contributed by atoms with Gasteiger partial charge in [0, 0.05) is 13.1 Å². The number of halogens is 1. The highest BCUT2D eigenvalue weighted by molar-refractivity contribution is 5.76. The summed E-state index contributed by atoms with van der Waals surface area (Å²) in [6.45, 7) is 1.78. The van der Waals surface area contributed by atoms with E-state index < -0.39 is 0 Å². The van der Waals surface area contributed by atoms with Gasteiger partial charge in [0.2, 0.25) is 5.91 Å². The van der Waals surface area contributed by atoms with Crippen molar-refractivity contribution in [1.82, 2.24) is 14.7 Å². The third-order valence-electron chi connectivity index (χ3n) is 4.89. The van der Waals surface area contributed by atoms with Gasteiger partial charge in [-0.15, -0.1) is 0 Å². The number of aryl methyl sites for hydroxylation is 2. The minimum absolute atomic E-state index is 0.0891. The van der Waals surface area contributed by atoms with Gasteiger partial charge in [-0.05, 0) is 55.9 Å². The molecule has 1 aromatic heterocycles. The maximum atomic E-state index is 13.1. The number of carbonyl (C=O) groups excluding carboxylic acids is 1. The fourth-order valence-corrected chi connectivity index (χ4v) is 3.13. The molecular formula is C19H22FN3O2. The Morgan fingerprint density at radius 1 is 1.28 bits per heavy atom. The second-order valence-electron chi connectivity index (χ2n) is 6.55. The molecule has 1 aromatic carbocycles. The Balaban J connectivity index is 1.75. The fourth-order valence-electron chi connectivity index (χ4n) is 3.13. The highest BCUT2D eigenvalue weighted by atomic mass is 19.1. The van der Waals surface area contributed by atoms with E-state index in [1.807, 2.05) is 6.92 Å². The molecule has 0 aliphatic heterocycles. The van der Waals surface area contributed by atoms with Gasteiger partial charge < -0.3 is 4.90 Å². The molecule has 0 saturated carbocycles. The van der Waals surface area contributed by atoms with Crippen LogP contribution in [0.3, 0.4) is 0 Å². The molecule has 0 saturated heterocycles. The number of fused-ring (bicyclic) bond motifs is 1. The first-order valence-electron chi connectivity index (χ1n) is 8.57. The molecule has 0 unspecified atom stereocenters. The van der Waals surface area contributed by atoms with Gasteiger partial charge in [0.25, 0.3) is 5.56 Å². The van der Waals surface area contributed by atoms with E-state index in [2.05, 4.69) is 5.10 Å². The maximum Gasteiger partial charge on any atom is 0.267 e. The van der Waals surface area contributed by atoms with E-state index in [9.17, 15) is 14.0 Å². The molecule has 2 aromatic rings. The molecule has 1 heterocycles. The smallest absolute Gasteiger partial charge is 0.267 e. The lowest BCUT2D eigenvalue weighted by Gasteiger charge is -2.26. The summed E-state index contributed by atoms with van der Waals surface area (Å²) in [6, 6.07) is 7.46. The standard InChI is InChI=1S/C19H22FN3O2/c1-13(14-7-9-16(20)10-8-14)22(2)19(25)12-23-18(24)11-15-5-3-4-6-17(15)21-23/h7-11,13H,3-6,12H2,1-2H3/t13-/m0/s1. The van der Waals surface area contributed by atoms with Gasteiger partial charge in [0.05, 0.1) is 11.7 Å². The lowest BCUT2D eigenvalue weighted by Crippen LogP contribution is -2.37. The predicted octanol–water partition coefficient (Wildman–Crippen LogP) is 2.48. The summed E-state index contributed by atoms with van der Waals surface area (Å²) < 4.78 is 14.3. The van der Waals surface area contributed by atoms with E-state index >= 15 is 0 Å². The van der Waals surface area contributed by atoms with Crippen molar-refractivity contribution in [2.24, 2.45) is 0 Å². The quantitative estimate of drug-likeness (QED) is 0.857. The van der Waals surface area contributed by atoms with Gasteiger partial charge >= 0.3 is 0 Å². The Hall–Kier alpha value is -2.50. The zero-order valence-electron chi connectivity index (χ0n) is 14.5. The average Bonchev–Trinajstić information content (AvgIpc) is 2.61. The van der Waals surface area contributed by atoms with Gasteiger partial charge in [-0.3, -0.25) is 9.59 Å². The Morgan fingerprint density at radius 3 is 2.68 bits per heavy atom. The van der Waals surface area contributed by atoms with Crippen molar-refractivity contribution < 1.29 is 9.18 Å². The summed E-state index contributed by atoms with van der Waals surface area (Å²) >= 11 is 0. The molecule has 3 rings (SSSR count). The van der Waals surface area contributed by atoms with Crippen LogP contribution in [-0.4, -0.2) is 27.6 Å². The van der Waals surface area contributed by atoms with Crippen molar-refractivity contribution in [3.8, 4) is 0 Å². The van der Waals surface area contributed by atoms with Crippen LogP contribution < -0.4 is 5.56 Å². The number of likely N-dealkylation sites (N-methyl/N-ethyl adjacent to an activating group) is 1. The van der Waals surface area contributed by atoms with Gasteiger partial charge in [-0.2, -0.15) is 5.10 Å². The average molecular weight is 343 g/mol. The number of rotatable bonds is 4. The van der Waals surface area contributed by atoms with Crippen LogP contribution >= 0.6 is 0 Å². The van der Waals surface area contributed by atoms with E-state index in [0.717, 1.165) is 42.5 Å². The predicted molar refractivity (Wildman–Crippen MR) is 92.7 cm³/mol. The summed E-state index contributed by atoms with van der Waals surface area (Å²) in [7, 11) is 1.68. The number of amides is 1. The molecule has 1 amide bonds. The fraction of sp³-hybridized carbons (Fsp3) is 0.421. The van der Waals surface area contributed by atoms with Crippen molar-refractivity contribution in [3.05, 3.63) is 63.3 Å². The third-order valence-corrected chi connectivity index (χ3v) is 4.89. The first-order valence-corrected chi connectivity index (χ1v) is 8.57. The van der Waals surface area contributed by atoms with Crippen molar-refractivity contribution >= 4 is 5.91 Å². The van der Waals surface area contributed by atoms with Gasteiger partial charge in [0.1, 0.15) is 12.4 Å². The van der Waals surface area contributed by atoms with Crippen LogP contribution in [0.25, 0.3) is 0 Å². The highest BCUT2D eigenvalue weighted by Crippen LogP contribution is 2.20. The molecule has 0 fully saturated rings. The molecule has 0 bridgehead atoms. The third kappa shape index (κ3) is 3.78. The van der Waals surface area contributed by atoms with Gasteiger partial charge in [-0.25, -0.2) is 9.07 Å². The normalized spacial score (nSPS) is 14.7. The molecule has 25 heavy (non-hydrogen) atoms. The summed E-state index contributed by atoms with van der Waals surface area (Å²) in [5.41, 5.74) is 2.53. The lowest BCUT2D eigenvalue weighted by molar-refractivity contribution is -0.132. The molecule has 0 spiro atoms. The number of hydrogen-bond acceptors (Lipinski definition) is 3. The Labute approximate surface area is 146 Å². The summed E-state index contributed by atoms with van der Waals surface area (Å²) in [4.78, 5) is 26.3. The lowest BCUT2D eigenvalue weighted by atomic mass is 9.97. The van der Waals surface area contributed by atoms with Crippen LogP contribution in [0.15, 0.2) is 35.1 Å². The minimum atomic E-state index is -0.310. The van der Waals surface area contributed by atoms with E-state index in [0.29, 0.717) is 0 Å². The molecule has 1 atom stereocenters. The zero-order chi connectivity index (χ0) is 18.0. The van der Waals surface area contributed by atoms with Crippen molar-refractivity contribution in [3.63, 3.8) is 0 Å². The second kappa shape index (κ2) is 7.17. The first kappa shape index (κ1) is 17.3. The van der Waals surface area contributed by atoms with E-state index in [1.165, 1.54) is 16.8 Å². The van der Waals surface area contributed by atoms with Crippen LogP contribution in [0.1, 0.15) is 42.6 Å². The van der Waals surface area contributed by atoms with Crippen LogP contribution in [0.4, 0.5) is 4.39 Å². The monoisotopic (exact) mass is 343 g/mol. The zero-order valence-corrected chi connectivity index (χ0v) is 14.5. The molecule has 132 valence electrons. The summed E-state index contributed by atoms with van der Waals surface area (Å²) in [5.74, 6) is -0.517. The number of aromatic nitrogens is 2. The second-order valence-corrected chi connectivity index (χ2v) is 6.55. The summed E-state index contributed by atoms with van der Waals surface area (Å²) in [5, 5.41) is 4.39. The van der Waals surface area contributed by atoms with Crippen LogP contribution in [0.2, 0.25) is 0 Å². The van der Waals surface area contributed by atoms with Gasteiger partial charge in [0.15, 0.2) is 0 Å². The SMILES string of the molecule is C[C@@H](c1ccc(F)cc1)N(C)C(=O)Cn1nc2c(cc1=O)CCCC2. The molecule has 0 N–H and O–H groups in total. The van der Waals surface area contributed by atoms with E-state index in [4.69, 9.17) is 0 Å². The van der Waals surface area contributed by atoms with Gasteiger partial charge in [-0.1, -0.05) is 12.1 Å². The number of benzene rings is 1. The molecule has 6 heteroatoms. The Bertz CT molecular complexity index is 830. The molecule has 1 aliphatic rings. The number of nitrogens with zero attached hydrogens (tertiary/aromatic N) is 3. The number of hydrogen-bond donors (Lipinski definition) is 0. The van der Waals surface area contributed by atoms with Crippen LogP contribution in [0, 0.1) is 5.82 Å². The van der Waals surface area contributed by atoms with E-state index in [-0.39, 0.29) is 29.9 Å². The van der Waals surface area contributed by atoms with Crippen LogP contribution in [0.5, 0.6) is 0 Å². The maximum absolute atomic E-state index is 13.1. The van der Waals surface area contributed by atoms with Crippen molar-refractivity contribution in [1.29, 1.82) is 0 Å². The van der Waals surface area contributed by atoms with E-state index in [1.54, 1.807) is 30.1 Å². The summed E-state index contributed by atoms with van der Waals surface area (Å²) in [6.07, 6.45) is 3.88. The topological polar surface area (TPSA) is 55.2 Å². The molecular weight excluding hydrogens is 321 g/mol. The Morgan fingerprint density at radius 2 is 1.96 bits per heavy atom. The molecule has 0 radical (unpaired) electrons. The number of carbonyl (C=O) groups is 1. The van der Waals surface area contributed by atoms with Crippen molar-refractivity contribution in [2.75, 3.05) is 7.05 Å². The highest BCUT2D eigenvalue weighted by Gasteiger charge is 2.20. The molecule has 5 nitrogen and oxygen atoms in total. The largest absolute Gasteiger partial charge is 0.337 e. The molecule has 1 aliphatic carbocycles.